The Labute approximate surface area is 108 Å². The number of halogens is 1. The number of aromatic nitrogens is 3. The molecule has 0 aliphatic heterocycles. The molecule has 96 valence electrons. The molecule has 0 aliphatic rings. The molecule has 2 heterocycles. The summed E-state index contributed by atoms with van der Waals surface area (Å²) < 4.78 is 18.9. The number of hydrogen-bond donors (Lipinski definition) is 2. The lowest BCUT2D eigenvalue weighted by molar-refractivity contribution is 0.411. The molecule has 3 rings (SSSR count). The zero-order chi connectivity index (χ0) is 13.4. The summed E-state index contributed by atoms with van der Waals surface area (Å²) in [6, 6.07) is 8.01. The summed E-state index contributed by atoms with van der Waals surface area (Å²) >= 11 is 0. The van der Waals surface area contributed by atoms with E-state index >= 15 is 0 Å². The summed E-state index contributed by atoms with van der Waals surface area (Å²) in [6.45, 7) is 0. The van der Waals surface area contributed by atoms with E-state index in [1.54, 1.807) is 24.3 Å². The van der Waals surface area contributed by atoms with Crippen LogP contribution in [0.25, 0.3) is 22.6 Å². The Morgan fingerprint density at radius 1 is 1.21 bits per heavy atom. The summed E-state index contributed by atoms with van der Waals surface area (Å²) in [5.74, 6) is 0.833. The van der Waals surface area contributed by atoms with E-state index in [4.69, 9.17) is 10.5 Å². The molecule has 0 aliphatic carbocycles. The Kier molecular flexibility index (Phi) is 2.56. The van der Waals surface area contributed by atoms with Gasteiger partial charge in [-0.2, -0.15) is 0 Å². The number of anilines is 1. The molecule has 19 heavy (non-hydrogen) atoms. The minimum Gasteiger partial charge on any atom is -0.497 e. The van der Waals surface area contributed by atoms with E-state index in [0.29, 0.717) is 34.1 Å². The first-order valence-corrected chi connectivity index (χ1v) is 5.63. The third-order valence-electron chi connectivity index (χ3n) is 2.80. The van der Waals surface area contributed by atoms with Gasteiger partial charge in [0.2, 0.25) is 0 Å². The van der Waals surface area contributed by atoms with Gasteiger partial charge >= 0.3 is 0 Å². The molecule has 0 atom stereocenters. The van der Waals surface area contributed by atoms with E-state index in [9.17, 15) is 4.39 Å². The van der Waals surface area contributed by atoms with Gasteiger partial charge in [-0.05, 0) is 24.3 Å². The van der Waals surface area contributed by atoms with Gasteiger partial charge in [-0.15, -0.1) is 0 Å². The number of nitrogen functional groups attached to an aromatic ring is 1. The SMILES string of the molecule is COc1ccc(-c2nc3nc(N)ccc3[nH]2)c(F)c1. The van der Waals surface area contributed by atoms with Crippen molar-refractivity contribution in [3.63, 3.8) is 0 Å². The Balaban J connectivity index is 2.13. The highest BCUT2D eigenvalue weighted by Crippen LogP contribution is 2.25. The molecular formula is C13H11FN4O. The highest BCUT2D eigenvalue weighted by Gasteiger charge is 2.11. The third kappa shape index (κ3) is 1.97. The summed E-state index contributed by atoms with van der Waals surface area (Å²) in [4.78, 5) is 11.3. The summed E-state index contributed by atoms with van der Waals surface area (Å²) in [5.41, 5.74) is 7.11. The number of nitrogens with zero attached hydrogens (tertiary/aromatic N) is 2. The molecule has 5 nitrogen and oxygen atoms in total. The van der Waals surface area contributed by atoms with Crippen LogP contribution in [0, 0.1) is 5.82 Å². The van der Waals surface area contributed by atoms with Gasteiger partial charge in [0.05, 0.1) is 18.2 Å². The first kappa shape index (κ1) is 11.5. The van der Waals surface area contributed by atoms with Crippen LogP contribution in [0.4, 0.5) is 10.2 Å². The normalized spacial score (nSPS) is 10.8. The Morgan fingerprint density at radius 2 is 2.05 bits per heavy atom. The summed E-state index contributed by atoms with van der Waals surface area (Å²) in [7, 11) is 1.49. The molecular weight excluding hydrogens is 247 g/mol. The van der Waals surface area contributed by atoms with Crippen LogP contribution in [0.3, 0.4) is 0 Å². The van der Waals surface area contributed by atoms with Crippen molar-refractivity contribution in [1.29, 1.82) is 0 Å². The van der Waals surface area contributed by atoms with Crippen molar-refractivity contribution in [3.8, 4) is 17.1 Å². The maximum absolute atomic E-state index is 13.9. The maximum Gasteiger partial charge on any atom is 0.180 e. The van der Waals surface area contributed by atoms with E-state index < -0.39 is 5.82 Å². The number of nitrogens with one attached hydrogen (secondary N) is 1. The second kappa shape index (κ2) is 4.24. The molecule has 0 saturated carbocycles. The molecule has 0 spiro atoms. The average molecular weight is 258 g/mol. The average Bonchev–Trinajstić information content (AvgIpc) is 2.81. The number of rotatable bonds is 2. The van der Waals surface area contributed by atoms with Gasteiger partial charge in [-0.3, -0.25) is 0 Å². The van der Waals surface area contributed by atoms with Crippen molar-refractivity contribution in [2.45, 2.75) is 0 Å². The van der Waals surface area contributed by atoms with Crippen LogP contribution in [0.1, 0.15) is 0 Å². The molecule has 0 unspecified atom stereocenters. The highest BCUT2D eigenvalue weighted by atomic mass is 19.1. The minimum absolute atomic E-state index is 0.359. The molecule has 0 saturated heterocycles. The Hall–Kier alpha value is -2.63. The summed E-state index contributed by atoms with van der Waals surface area (Å²) in [5, 5.41) is 0. The highest BCUT2D eigenvalue weighted by molar-refractivity contribution is 5.77. The van der Waals surface area contributed by atoms with Crippen molar-refractivity contribution in [2.24, 2.45) is 0 Å². The maximum atomic E-state index is 13.9. The van der Waals surface area contributed by atoms with Crippen LogP contribution >= 0.6 is 0 Å². The number of aromatic amines is 1. The zero-order valence-electron chi connectivity index (χ0n) is 10.1. The third-order valence-corrected chi connectivity index (χ3v) is 2.80. The predicted octanol–water partition coefficient (Wildman–Crippen LogP) is 2.35. The van der Waals surface area contributed by atoms with Crippen molar-refractivity contribution >= 4 is 17.0 Å². The fraction of sp³-hybridized carbons (Fsp3) is 0.0769. The van der Waals surface area contributed by atoms with Gasteiger partial charge in [-0.25, -0.2) is 14.4 Å². The Morgan fingerprint density at radius 3 is 2.79 bits per heavy atom. The monoisotopic (exact) mass is 258 g/mol. The largest absolute Gasteiger partial charge is 0.497 e. The number of pyridine rings is 1. The smallest absolute Gasteiger partial charge is 0.180 e. The fourth-order valence-electron chi connectivity index (χ4n) is 1.85. The fourth-order valence-corrected chi connectivity index (χ4v) is 1.85. The van der Waals surface area contributed by atoms with Gasteiger partial charge in [0.25, 0.3) is 0 Å². The molecule has 2 aromatic heterocycles. The van der Waals surface area contributed by atoms with Crippen molar-refractivity contribution in [2.75, 3.05) is 12.8 Å². The number of hydrogen-bond acceptors (Lipinski definition) is 4. The quantitative estimate of drug-likeness (QED) is 0.739. The molecule has 0 bridgehead atoms. The second-order valence-electron chi connectivity index (χ2n) is 4.04. The van der Waals surface area contributed by atoms with Gasteiger partial charge in [0, 0.05) is 6.07 Å². The van der Waals surface area contributed by atoms with Crippen molar-refractivity contribution in [3.05, 3.63) is 36.1 Å². The van der Waals surface area contributed by atoms with Gasteiger partial charge in [-0.1, -0.05) is 0 Å². The zero-order valence-corrected chi connectivity index (χ0v) is 10.1. The number of benzene rings is 1. The van der Waals surface area contributed by atoms with Crippen LogP contribution in [0.2, 0.25) is 0 Å². The first-order valence-electron chi connectivity index (χ1n) is 5.63. The lowest BCUT2D eigenvalue weighted by Crippen LogP contribution is -1.89. The molecule has 1 aromatic carbocycles. The van der Waals surface area contributed by atoms with E-state index in [-0.39, 0.29) is 0 Å². The number of methoxy groups -OCH3 is 1. The molecule has 0 radical (unpaired) electrons. The van der Waals surface area contributed by atoms with E-state index in [1.807, 2.05) is 0 Å². The molecule has 3 N–H and O–H groups in total. The number of nitrogens with two attached hydrogens (primary N) is 1. The lowest BCUT2D eigenvalue weighted by atomic mass is 10.2. The number of imidazole rings is 1. The van der Waals surface area contributed by atoms with Crippen LogP contribution in [-0.2, 0) is 0 Å². The van der Waals surface area contributed by atoms with Crippen molar-refractivity contribution < 1.29 is 9.13 Å². The van der Waals surface area contributed by atoms with Crippen LogP contribution in [-0.4, -0.2) is 22.1 Å². The van der Waals surface area contributed by atoms with Gasteiger partial charge in [0.1, 0.15) is 23.2 Å². The van der Waals surface area contributed by atoms with E-state index in [0.717, 1.165) is 0 Å². The second-order valence-corrected chi connectivity index (χ2v) is 4.04. The predicted molar refractivity (Wildman–Crippen MR) is 70.2 cm³/mol. The van der Waals surface area contributed by atoms with Crippen LogP contribution in [0.15, 0.2) is 30.3 Å². The molecule has 0 fully saturated rings. The first-order chi connectivity index (χ1) is 9.17. The number of fused-ring (bicyclic) bond motifs is 1. The van der Waals surface area contributed by atoms with Crippen molar-refractivity contribution in [1.82, 2.24) is 15.0 Å². The van der Waals surface area contributed by atoms with Gasteiger partial charge < -0.3 is 15.5 Å². The van der Waals surface area contributed by atoms with E-state index in [1.165, 1.54) is 13.2 Å². The minimum atomic E-state index is -0.411. The Bertz CT molecular complexity index is 753. The van der Waals surface area contributed by atoms with Crippen LogP contribution in [0.5, 0.6) is 5.75 Å². The molecule has 6 heteroatoms. The van der Waals surface area contributed by atoms with E-state index in [2.05, 4.69) is 15.0 Å². The lowest BCUT2D eigenvalue weighted by Gasteiger charge is -2.02. The van der Waals surface area contributed by atoms with Crippen LogP contribution < -0.4 is 10.5 Å². The topological polar surface area (TPSA) is 76.8 Å². The summed E-state index contributed by atoms with van der Waals surface area (Å²) in [6.07, 6.45) is 0. The number of H-pyrrole nitrogens is 1. The molecule has 3 aromatic rings. The van der Waals surface area contributed by atoms with Gasteiger partial charge in [0.15, 0.2) is 5.65 Å². The number of ether oxygens (including phenoxy) is 1. The standard InChI is InChI=1S/C13H11FN4O/c1-19-7-2-3-8(9(14)6-7)12-16-10-4-5-11(15)17-13(10)18-12/h2-6H,1H3,(H3,15,16,17,18). The molecule has 0 amide bonds.